The molecule has 0 aromatic rings. The number of Topliss-reactive ketones (excluding diaryl/α,β-unsaturated/α-hetero) is 1. The average Bonchev–Trinajstić information content (AvgIpc) is 2.25. The van der Waals surface area contributed by atoms with Crippen molar-refractivity contribution in [2.45, 2.75) is 71.3 Å². The summed E-state index contributed by atoms with van der Waals surface area (Å²) >= 11 is 0. The molecule has 0 saturated heterocycles. The summed E-state index contributed by atoms with van der Waals surface area (Å²) in [6.07, 6.45) is 6.98. The lowest BCUT2D eigenvalue weighted by Crippen LogP contribution is -2.42. The van der Waals surface area contributed by atoms with Gasteiger partial charge < -0.3 is 4.74 Å². The number of hydrogen-bond acceptors (Lipinski definition) is 2. The first-order valence-corrected chi connectivity index (χ1v) is 6.48. The summed E-state index contributed by atoms with van der Waals surface area (Å²) in [5.41, 5.74) is -0.206. The molecule has 0 heterocycles. The van der Waals surface area contributed by atoms with Crippen LogP contribution in [0.4, 0.5) is 0 Å². The zero-order valence-electron chi connectivity index (χ0n) is 11.3. The maximum atomic E-state index is 12.3. The first-order valence-electron chi connectivity index (χ1n) is 6.48. The average molecular weight is 226 g/mol. The molecule has 1 fully saturated rings. The fraction of sp³-hybridized carbons (Fsp3) is 0.929. The van der Waals surface area contributed by atoms with Crippen molar-refractivity contribution in [2.75, 3.05) is 7.11 Å². The van der Waals surface area contributed by atoms with Gasteiger partial charge in [-0.05, 0) is 24.7 Å². The molecule has 1 saturated carbocycles. The lowest BCUT2D eigenvalue weighted by molar-refractivity contribution is -0.145. The molecule has 0 amide bonds. The monoisotopic (exact) mass is 226 g/mol. The van der Waals surface area contributed by atoms with Crippen LogP contribution in [0.5, 0.6) is 0 Å². The number of hydrogen-bond donors (Lipinski definition) is 0. The lowest BCUT2D eigenvalue weighted by Gasteiger charge is -2.35. The summed E-state index contributed by atoms with van der Waals surface area (Å²) in [5, 5.41) is 0. The molecule has 0 aliphatic heterocycles. The van der Waals surface area contributed by atoms with Crippen molar-refractivity contribution in [1.29, 1.82) is 0 Å². The van der Waals surface area contributed by atoms with Crippen molar-refractivity contribution in [1.82, 2.24) is 0 Å². The molecule has 2 nitrogen and oxygen atoms in total. The van der Waals surface area contributed by atoms with E-state index in [1.165, 1.54) is 6.42 Å². The Hall–Kier alpha value is -0.370. The molecule has 0 aromatic carbocycles. The summed E-state index contributed by atoms with van der Waals surface area (Å²) in [7, 11) is 1.69. The molecule has 0 N–H and O–H groups in total. The predicted octanol–water partition coefficient (Wildman–Crippen LogP) is 3.73. The quantitative estimate of drug-likeness (QED) is 0.730. The third kappa shape index (κ3) is 3.58. The zero-order valence-corrected chi connectivity index (χ0v) is 11.3. The van der Waals surface area contributed by atoms with Gasteiger partial charge in [0.05, 0.1) is 0 Å². The second-order valence-corrected chi connectivity index (χ2v) is 6.24. The van der Waals surface area contributed by atoms with E-state index in [2.05, 4.69) is 20.8 Å². The van der Waals surface area contributed by atoms with Crippen molar-refractivity contribution in [3.8, 4) is 0 Å². The van der Waals surface area contributed by atoms with Crippen LogP contribution in [0.1, 0.15) is 65.7 Å². The van der Waals surface area contributed by atoms with E-state index in [9.17, 15) is 4.79 Å². The highest BCUT2D eigenvalue weighted by molar-refractivity contribution is 5.87. The lowest BCUT2D eigenvalue weighted by atomic mass is 9.78. The van der Waals surface area contributed by atoms with Gasteiger partial charge in [-0.2, -0.15) is 0 Å². The van der Waals surface area contributed by atoms with Crippen LogP contribution in [0, 0.1) is 5.41 Å². The Kier molecular flexibility index (Phi) is 4.54. The fourth-order valence-electron chi connectivity index (χ4n) is 2.44. The molecule has 16 heavy (non-hydrogen) atoms. The van der Waals surface area contributed by atoms with E-state index in [0.717, 1.165) is 32.1 Å². The zero-order chi connectivity index (χ0) is 12.2. The topological polar surface area (TPSA) is 26.3 Å². The van der Waals surface area contributed by atoms with Gasteiger partial charge in [-0.15, -0.1) is 0 Å². The van der Waals surface area contributed by atoms with Crippen LogP contribution in [-0.4, -0.2) is 18.5 Å². The number of ketones is 1. The van der Waals surface area contributed by atoms with Gasteiger partial charge in [0.2, 0.25) is 0 Å². The third-order valence-electron chi connectivity index (χ3n) is 3.66. The summed E-state index contributed by atoms with van der Waals surface area (Å²) < 4.78 is 5.56. The largest absolute Gasteiger partial charge is 0.370 e. The second-order valence-electron chi connectivity index (χ2n) is 6.24. The number of carbonyl (C=O) groups is 1. The van der Waals surface area contributed by atoms with Gasteiger partial charge in [-0.25, -0.2) is 0 Å². The van der Waals surface area contributed by atoms with Gasteiger partial charge in [-0.1, -0.05) is 40.0 Å². The van der Waals surface area contributed by atoms with Crippen LogP contribution in [0.2, 0.25) is 0 Å². The molecular weight excluding hydrogens is 200 g/mol. The molecule has 0 radical (unpaired) electrons. The Balaban J connectivity index is 2.55. The van der Waals surface area contributed by atoms with Crippen LogP contribution in [0.3, 0.4) is 0 Å². The van der Waals surface area contributed by atoms with E-state index in [0.29, 0.717) is 12.2 Å². The van der Waals surface area contributed by atoms with Gasteiger partial charge in [0.1, 0.15) is 5.60 Å². The van der Waals surface area contributed by atoms with Crippen LogP contribution < -0.4 is 0 Å². The molecule has 94 valence electrons. The van der Waals surface area contributed by atoms with Crippen LogP contribution in [-0.2, 0) is 9.53 Å². The van der Waals surface area contributed by atoms with Crippen molar-refractivity contribution >= 4 is 5.78 Å². The third-order valence-corrected chi connectivity index (χ3v) is 3.66. The minimum atomic E-state index is -0.441. The predicted molar refractivity (Wildman–Crippen MR) is 66.5 cm³/mol. The van der Waals surface area contributed by atoms with E-state index in [-0.39, 0.29) is 5.41 Å². The van der Waals surface area contributed by atoms with Crippen molar-refractivity contribution in [2.24, 2.45) is 5.41 Å². The Bertz CT molecular complexity index is 232. The summed E-state index contributed by atoms with van der Waals surface area (Å²) in [4.78, 5) is 12.3. The summed E-state index contributed by atoms with van der Waals surface area (Å²) in [6.45, 7) is 6.54. The molecule has 0 aromatic heterocycles. The molecule has 0 unspecified atom stereocenters. The minimum Gasteiger partial charge on any atom is -0.370 e. The SMILES string of the molecule is COC1(C(=O)CCC(C)(C)C)CCCCC1. The fourth-order valence-corrected chi connectivity index (χ4v) is 2.44. The Labute approximate surface area is 99.8 Å². The van der Waals surface area contributed by atoms with E-state index >= 15 is 0 Å². The van der Waals surface area contributed by atoms with Crippen molar-refractivity contribution in [3.05, 3.63) is 0 Å². The Morgan fingerprint density at radius 2 is 1.75 bits per heavy atom. The molecular formula is C14H26O2. The minimum absolute atomic E-state index is 0.235. The van der Waals surface area contributed by atoms with Gasteiger partial charge in [0, 0.05) is 13.5 Å². The summed E-state index contributed by atoms with van der Waals surface area (Å²) in [6, 6.07) is 0. The first-order chi connectivity index (χ1) is 7.40. The van der Waals surface area contributed by atoms with Gasteiger partial charge in [0.15, 0.2) is 5.78 Å². The smallest absolute Gasteiger partial charge is 0.164 e. The summed E-state index contributed by atoms with van der Waals surface area (Å²) in [5.74, 6) is 0.324. The van der Waals surface area contributed by atoms with Gasteiger partial charge in [0.25, 0.3) is 0 Å². The molecule has 2 heteroatoms. The highest BCUT2D eigenvalue weighted by Gasteiger charge is 2.38. The normalized spacial score (nSPS) is 20.8. The Morgan fingerprint density at radius 3 is 2.19 bits per heavy atom. The van der Waals surface area contributed by atoms with Crippen LogP contribution in [0.25, 0.3) is 0 Å². The molecule has 1 aliphatic rings. The molecule has 0 bridgehead atoms. The van der Waals surface area contributed by atoms with Gasteiger partial charge >= 0.3 is 0 Å². The molecule has 1 rings (SSSR count). The maximum Gasteiger partial charge on any atom is 0.164 e. The molecule has 1 aliphatic carbocycles. The number of ether oxygens (including phenoxy) is 1. The molecule has 0 atom stereocenters. The highest BCUT2D eigenvalue weighted by atomic mass is 16.5. The van der Waals surface area contributed by atoms with Crippen molar-refractivity contribution < 1.29 is 9.53 Å². The maximum absolute atomic E-state index is 12.3. The van der Waals surface area contributed by atoms with E-state index < -0.39 is 5.60 Å². The van der Waals surface area contributed by atoms with E-state index in [4.69, 9.17) is 4.74 Å². The number of rotatable bonds is 4. The van der Waals surface area contributed by atoms with E-state index in [1.54, 1.807) is 7.11 Å². The van der Waals surface area contributed by atoms with Crippen LogP contribution >= 0.6 is 0 Å². The number of methoxy groups -OCH3 is 1. The van der Waals surface area contributed by atoms with Crippen molar-refractivity contribution in [3.63, 3.8) is 0 Å². The van der Waals surface area contributed by atoms with E-state index in [1.807, 2.05) is 0 Å². The Morgan fingerprint density at radius 1 is 1.19 bits per heavy atom. The van der Waals surface area contributed by atoms with Crippen LogP contribution in [0.15, 0.2) is 0 Å². The van der Waals surface area contributed by atoms with Gasteiger partial charge in [-0.3, -0.25) is 4.79 Å². The standard InChI is InChI=1S/C14H26O2/c1-13(2,3)11-8-12(15)14(16-4)9-6-5-7-10-14/h5-11H2,1-4H3. The first kappa shape index (κ1) is 13.7. The second kappa shape index (κ2) is 5.31. The number of carbonyl (C=O) groups excluding carboxylic acids is 1. The molecule has 0 spiro atoms. The highest BCUT2D eigenvalue weighted by Crippen LogP contribution is 2.34.